The number of hydrogen-bond donors (Lipinski definition) is 1. The number of fused-ring (bicyclic) bond motifs is 1. The van der Waals surface area contributed by atoms with Gasteiger partial charge in [-0.1, -0.05) is 13.0 Å². The number of H-pyrrole nitrogens is 1. The molecule has 0 fully saturated rings. The van der Waals surface area contributed by atoms with Crippen LogP contribution in [-0.2, 0) is 11.2 Å². The molecule has 0 saturated heterocycles. The van der Waals surface area contributed by atoms with Gasteiger partial charge >= 0.3 is 5.97 Å². The molecule has 0 amide bonds. The van der Waals surface area contributed by atoms with Gasteiger partial charge < -0.3 is 4.74 Å². The summed E-state index contributed by atoms with van der Waals surface area (Å²) >= 11 is 0. The van der Waals surface area contributed by atoms with Crippen LogP contribution in [0.15, 0.2) is 12.1 Å². The molecule has 2 rings (SSSR count). The summed E-state index contributed by atoms with van der Waals surface area (Å²) in [7, 11) is 1.38. The van der Waals surface area contributed by atoms with Crippen LogP contribution in [0.2, 0.25) is 0 Å². The van der Waals surface area contributed by atoms with Crippen LogP contribution in [0.3, 0.4) is 0 Å². The fourth-order valence-corrected chi connectivity index (χ4v) is 1.87. The van der Waals surface area contributed by atoms with Gasteiger partial charge in [-0.25, -0.2) is 4.79 Å². The fraction of sp³-hybridized carbons (Fsp3) is 0.333. The lowest BCUT2D eigenvalue weighted by Gasteiger charge is -2.03. The maximum atomic E-state index is 11.5. The molecule has 0 atom stereocenters. The Morgan fingerprint density at radius 3 is 2.88 bits per heavy atom. The third kappa shape index (κ3) is 1.46. The minimum atomic E-state index is -0.319. The molecule has 0 saturated carbocycles. The Morgan fingerprint density at radius 1 is 1.50 bits per heavy atom. The second-order valence-corrected chi connectivity index (χ2v) is 3.68. The monoisotopic (exact) mass is 218 g/mol. The number of ether oxygens (including phenoxy) is 1. The number of nitrogens with zero attached hydrogens (tertiary/aromatic N) is 1. The van der Waals surface area contributed by atoms with Crippen LogP contribution >= 0.6 is 0 Å². The fourth-order valence-electron chi connectivity index (χ4n) is 1.87. The van der Waals surface area contributed by atoms with Crippen molar-refractivity contribution in [2.45, 2.75) is 20.3 Å². The lowest BCUT2D eigenvalue weighted by atomic mass is 10.0. The molecule has 0 aliphatic heterocycles. The topological polar surface area (TPSA) is 55.0 Å². The van der Waals surface area contributed by atoms with Crippen molar-refractivity contribution < 1.29 is 9.53 Å². The molecule has 0 unspecified atom stereocenters. The van der Waals surface area contributed by atoms with Gasteiger partial charge in [-0.05, 0) is 25.0 Å². The van der Waals surface area contributed by atoms with Crippen molar-refractivity contribution in [3.63, 3.8) is 0 Å². The number of esters is 1. The number of aromatic nitrogens is 2. The zero-order chi connectivity index (χ0) is 11.7. The Morgan fingerprint density at radius 2 is 2.25 bits per heavy atom. The number of benzene rings is 1. The minimum absolute atomic E-state index is 0.319. The van der Waals surface area contributed by atoms with Crippen molar-refractivity contribution >= 4 is 16.9 Å². The second kappa shape index (κ2) is 3.96. The zero-order valence-electron chi connectivity index (χ0n) is 9.63. The third-order valence-corrected chi connectivity index (χ3v) is 2.82. The van der Waals surface area contributed by atoms with E-state index in [-0.39, 0.29) is 5.97 Å². The van der Waals surface area contributed by atoms with E-state index >= 15 is 0 Å². The first kappa shape index (κ1) is 10.7. The smallest absolute Gasteiger partial charge is 0.338 e. The van der Waals surface area contributed by atoms with E-state index in [1.54, 1.807) is 6.07 Å². The van der Waals surface area contributed by atoms with Gasteiger partial charge in [0.15, 0.2) is 0 Å². The van der Waals surface area contributed by atoms with E-state index in [4.69, 9.17) is 4.74 Å². The molecule has 16 heavy (non-hydrogen) atoms. The SMILES string of the molecule is CCc1[nH]nc2c(C)c(C(=O)OC)ccc12. The summed E-state index contributed by atoms with van der Waals surface area (Å²) in [6, 6.07) is 3.70. The van der Waals surface area contributed by atoms with Crippen molar-refractivity contribution in [1.29, 1.82) is 0 Å². The van der Waals surface area contributed by atoms with Gasteiger partial charge in [0.2, 0.25) is 0 Å². The van der Waals surface area contributed by atoms with Gasteiger partial charge in [0.05, 0.1) is 18.2 Å². The molecule has 0 bridgehead atoms. The Kier molecular flexibility index (Phi) is 2.64. The van der Waals surface area contributed by atoms with Crippen molar-refractivity contribution in [3.05, 3.63) is 29.0 Å². The molecule has 4 heteroatoms. The van der Waals surface area contributed by atoms with Crippen LogP contribution in [-0.4, -0.2) is 23.3 Å². The normalized spacial score (nSPS) is 10.7. The molecule has 4 nitrogen and oxygen atoms in total. The standard InChI is InChI=1S/C12H14N2O2/c1-4-10-9-6-5-8(12(15)16-3)7(2)11(9)14-13-10/h5-6H,4H2,1-3H3,(H,13,14). The first-order valence-electron chi connectivity index (χ1n) is 5.24. The first-order valence-corrected chi connectivity index (χ1v) is 5.24. The van der Waals surface area contributed by atoms with Gasteiger partial charge in [-0.3, -0.25) is 5.10 Å². The predicted molar refractivity (Wildman–Crippen MR) is 61.5 cm³/mol. The van der Waals surface area contributed by atoms with Crippen LogP contribution in [0.25, 0.3) is 10.9 Å². The molecular weight excluding hydrogens is 204 g/mol. The van der Waals surface area contributed by atoms with Crippen molar-refractivity contribution in [2.24, 2.45) is 0 Å². The second-order valence-electron chi connectivity index (χ2n) is 3.68. The number of hydrogen-bond acceptors (Lipinski definition) is 3. The number of rotatable bonds is 2. The molecule has 0 radical (unpaired) electrons. The van der Waals surface area contributed by atoms with Crippen LogP contribution in [0.5, 0.6) is 0 Å². The van der Waals surface area contributed by atoms with E-state index in [1.807, 2.05) is 13.0 Å². The summed E-state index contributed by atoms with van der Waals surface area (Å²) in [5.74, 6) is -0.319. The third-order valence-electron chi connectivity index (χ3n) is 2.82. The summed E-state index contributed by atoms with van der Waals surface area (Å²) < 4.78 is 4.72. The molecule has 1 heterocycles. The Hall–Kier alpha value is -1.84. The molecule has 0 aliphatic carbocycles. The molecule has 1 aromatic carbocycles. The lowest BCUT2D eigenvalue weighted by Crippen LogP contribution is -2.03. The van der Waals surface area contributed by atoms with Crippen molar-refractivity contribution in [1.82, 2.24) is 10.2 Å². The lowest BCUT2D eigenvalue weighted by molar-refractivity contribution is 0.0600. The highest BCUT2D eigenvalue weighted by atomic mass is 16.5. The van der Waals surface area contributed by atoms with Crippen LogP contribution in [0.4, 0.5) is 0 Å². The molecule has 1 aromatic heterocycles. The number of carbonyl (C=O) groups excluding carboxylic acids is 1. The zero-order valence-corrected chi connectivity index (χ0v) is 9.63. The summed E-state index contributed by atoms with van der Waals surface area (Å²) in [6.45, 7) is 3.95. The molecule has 2 aromatic rings. The maximum absolute atomic E-state index is 11.5. The molecule has 0 spiro atoms. The number of aryl methyl sites for hydroxylation is 2. The average molecular weight is 218 g/mol. The van der Waals surface area contributed by atoms with Crippen LogP contribution in [0, 0.1) is 6.92 Å². The largest absolute Gasteiger partial charge is 0.465 e. The summed E-state index contributed by atoms with van der Waals surface area (Å²) in [5, 5.41) is 8.30. The number of carbonyl (C=O) groups is 1. The van der Waals surface area contributed by atoms with Gasteiger partial charge in [0.25, 0.3) is 0 Å². The minimum Gasteiger partial charge on any atom is -0.465 e. The van der Waals surface area contributed by atoms with Crippen molar-refractivity contribution in [3.8, 4) is 0 Å². The summed E-state index contributed by atoms with van der Waals surface area (Å²) in [5.41, 5.74) is 3.37. The molecule has 84 valence electrons. The van der Waals surface area contributed by atoms with Gasteiger partial charge in [0.1, 0.15) is 0 Å². The van der Waals surface area contributed by atoms with Crippen molar-refractivity contribution in [2.75, 3.05) is 7.11 Å². The molecular formula is C12H14N2O2. The van der Waals surface area contributed by atoms with Gasteiger partial charge in [-0.15, -0.1) is 0 Å². The summed E-state index contributed by atoms with van der Waals surface area (Å²) in [6.07, 6.45) is 0.896. The van der Waals surface area contributed by atoms with E-state index in [9.17, 15) is 4.79 Å². The Bertz CT molecular complexity index is 543. The van der Waals surface area contributed by atoms with E-state index in [0.717, 1.165) is 28.6 Å². The molecule has 0 aliphatic rings. The van der Waals surface area contributed by atoms with Gasteiger partial charge in [-0.2, -0.15) is 5.10 Å². The van der Waals surface area contributed by atoms with Crippen LogP contribution < -0.4 is 0 Å². The number of aromatic amines is 1. The average Bonchev–Trinajstić information content (AvgIpc) is 2.72. The Balaban J connectivity index is 2.66. The highest BCUT2D eigenvalue weighted by molar-refractivity contribution is 5.97. The Labute approximate surface area is 93.6 Å². The molecule has 1 N–H and O–H groups in total. The van der Waals surface area contributed by atoms with E-state index in [1.165, 1.54) is 7.11 Å². The number of methoxy groups -OCH3 is 1. The van der Waals surface area contributed by atoms with E-state index in [2.05, 4.69) is 17.1 Å². The quantitative estimate of drug-likeness (QED) is 0.786. The van der Waals surface area contributed by atoms with Crippen LogP contribution in [0.1, 0.15) is 28.5 Å². The van der Waals surface area contributed by atoms with Gasteiger partial charge in [0, 0.05) is 11.1 Å². The highest BCUT2D eigenvalue weighted by Gasteiger charge is 2.14. The summed E-state index contributed by atoms with van der Waals surface area (Å²) in [4.78, 5) is 11.5. The first-order chi connectivity index (χ1) is 7.69. The van der Waals surface area contributed by atoms with E-state index in [0.29, 0.717) is 5.56 Å². The van der Waals surface area contributed by atoms with E-state index < -0.39 is 0 Å². The number of nitrogens with one attached hydrogen (secondary N) is 1. The maximum Gasteiger partial charge on any atom is 0.338 e. The highest BCUT2D eigenvalue weighted by Crippen LogP contribution is 2.23. The predicted octanol–water partition coefficient (Wildman–Crippen LogP) is 2.22.